The lowest BCUT2D eigenvalue weighted by Gasteiger charge is -2.11. The Hall–Kier alpha value is -3.23. The minimum Gasteiger partial charge on any atom is -0.457 e. The topological polar surface area (TPSA) is 97.4 Å². The van der Waals surface area contributed by atoms with E-state index in [9.17, 15) is 9.59 Å². The Balaban J connectivity index is 1.38. The SMILES string of the molecule is NC(=O)c1c(NC(=S)NC(=O)/C=C/c2ccc(-c3ccccc3)o2)sc2c1CCCC2. The Labute approximate surface area is 189 Å². The summed E-state index contributed by atoms with van der Waals surface area (Å²) in [6.45, 7) is 0. The van der Waals surface area contributed by atoms with E-state index in [2.05, 4.69) is 10.6 Å². The fourth-order valence-electron chi connectivity index (χ4n) is 3.56. The summed E-state index contributed by atoms with van der Waals surface area (Å²) in [5, 5.41) is 6.26. The van der Waals surface area contributed by atoms with Gasteiger partial charge in [-0.05, 0) is 61.7 Å². The highest BCUT2D eigenvalue weighted by atomic mass is 32.1. The molecule has 1 aliphatic rings. The first-order chi connectivity index (χ1) is 15.0. The van der Waals surface area contributed by atoms with Crippen LogP contribution in [0.25, 0.3) is 17.4 Å². The van der Waals surface area contributed by atoms with Crippen LogP contribution >= 0.6 is 23.6 Å². The van der Waals surface area contributed by atoms with Crippen LogP contribution in [-0.4, -0.2) is 16.9 Å². The van der Waals surface area contributed by atoms with Gasteiger partial charge in [-0.1, -0.05) is 30.3 Å². The van der Waals surface area contributed by atoms with E-state index in [1.807, 2.05) is 36.4 Å². The van der Waals surface area contributed by atoms with Crippen LogP contribution in [0.5, 0.6) is 0 Å². The van der Waals surface area contributed by atoms with Crippen LogP contribution in [0.4, 0.5) is 5.00 Å². The summed E-state index contributed by atoms with van der Waals surface area (Å²) in [5.74, 6) is 0.383. The molecule has 2 aromatic heterocycles. The maximum atomic E-state index is 12.3. The van der Waals surface area contributed by atoms with E-state index in [1.165, 1.54) is 17.4 Å². The fourth-order valence-corrected chi connectivity index (χ4v) is 5.13. The van der Waals surface area contributed by atoms with Crippen molar-refractivity contribution in [3.63, 3.8) is 0 Å². The van der Waals surface area contributed by atoms with Gasteiger partial charge in [0.25, 0.3) is 5.91 Å². The lowest BCUT2D eigenvalue weighted by Crippen LogP contribution is -2.33. The number of aryl methyl sites for hydroxylation is 1. The Bertz CT molecular complexity index is 1160. The number of fused-ring (bicyclic) bond motifs is 1. The third-order valence-electron chi connectivity index (χ3n) is 4.97. The van der Waals surface area contributed by atoms with Crippen molar-refractivity contribution in [1.82, 2.24) is 5.32 Å². The van der Waals surface area contributed by atoms with Crippen LogP contribution in [-0.2, 0) is 17.6 Å². The minimum absolute atomic E-state index is 0.111. The summed E-state index contributed by atoms with van der Waals surface area (Å²) >= 11 is 6.72. The van der Waals surface area contributed by atoms with Gasteiger partial charge in [-0.15, -0.1) is 11.3 Å². The summed E-state index contributed by atoms with van der Waals surface area (Å²) < 4.78 is 5.74. The molecule has 4 N–H and O–H groups in total. The average molecular weight is 452 g/mol. The number of anilines is 1. The highest BCUT2D eigenvalue weighted by Crippen LogP contribution is 2.37. The summed E-state index contributed by atoms with van der Waals surface area (Å²) in [5.41, 5.74) is 8.04. The second-order valence-electron chi connectivity index (χ2n) is 7.12. The molecule has 31 heavy (non-hydrogen) atoms. The van der Waals surface area contributed by atoms with E-state index < -0.39 is 11.8 Å². The zero-order valence-electron chi connectivity index (χ0n) is 16.6. The van der Waals surface area contributed by atoms with E-state index in [1.54, 1.807) is 12.1 Å². The fraction of sp³-hybridized carbons (Fsp3) is 0.174. The molecule has 0 saturated heterocycles. The van der Waals surface area contributed by atoms with E-state index in [-0.39, 0.29) is 5.11 Å². The van der Waals surface area contributed by atoms with Gasteiger partial charge in [0.15, 0.2) is 5.11 Å². The third kappa shape index (κ3) is 4.92. The first-order valence-electron chi connectivity index (χ1n) is 9.91. The summed E-state index contributed by atoms with van der Waals surface area (Å²) in [4.78, 5) is 25.4. The first-order valence-corrected chi connectivity index (χ1v) is 11.1. The van der Waals surface area contributed by atoms with E-state index in [0.29, 0.717) is 16.3 Å². The third-order valence-corrected chi connectivity index (χ3v) is 6.38. The van der Waals surface area contributed by atoms with Crippen LogP contribution in [0.1, 0.15) is 39.4 Å². The van der Waals surface area contributed by atoms with Crippen molar-refractivity contribution < 1.29 is 14.0 Å². The van der Waals surface area contributed by atoms with E-state index >= 15 is 0 Å². The Kier molecular flexibility index (Phi) is 6.29. The molecule has 6 nitrogen and oxygen atoms in total. The highest BCUT2D eigenvalue weighted by Gasteiger charge is 2.24. The van der Waals surface area contributed by atoms with Crippen molar-refractivity contribution in [2.24, 2.45) is 5.73 Å². The number of amides is 2. The zero-order valence-corrected chi connectivity index (χ0v) is 18.3. The van der Waals surface area contributed by atoms with Crippen LogP contribution in [0.3, 0.4) is 0 Å². The molecule has 4 rings (SSSR count). The number of carbonyl (C=O) groups excluding carboxylic acids is 2. The molecule has 158 valence electrons. The number of thiophene rings is 1. The van der Waals surface area contributed by atoms with Gasteiger partial charge in [-0.2, -0.15) is 0 Å². The van der Waals surface area contributed by atoms with Gasteiger partial charge < -0.3 is 15.5 Å². The molecular weight excluding hydrogens is 430 g/mol. The van der Waals surface area contributed by atoms with Gasteiger partial charge in [0.05, 0.1) is 5.56 Å². The normalized spacial score (nSPS) is 13.0. The number of carbonyl (C=O) groups is 2. The number of rotatable bonds is 5. The minimum atomic E-state index is -0.483. The molecule has 1 aromatic carbocycles. The zero-order chi connectivity index (χ0) is 21.8. The molecule has 8 heteroatoms. The molecule has 0 fully saturated rings. The molecule has 1 aliphatic carbocycles. The van der Waals surface area contributed by atoms with Gasteiger partial charge in [0.1, 0.15) is 16.5 Å². The van der Waals surface area contributed by atoms with Crippen LogP contribution in [0, 0.1) is 0 Å². The van der Waals surface area contributed by atoms with Gasteiger partial charge in [-0.3, -0.25) is 14.9 Å². The Morgan fingerprint density at radius 1 is 1.10 bits per heavy atom. The molecule has 0 spiro atoms. The first kappa shape index (κ1) is 21.0. The number of nitrogens with two attached hydrogens (primary N) is 1. The Morgan fingerprint density at radius 2 is 1.87 bits per heavy atom. The monoisotopic (exact) mass is 451 g/mol. The number of hydrogen-bond acceptors (Lipinski definition) is 5. The molecule has 0 radical (unpaired) electrons. The molecule has 0 bridgehead atoms. The largest absolute Gasteiger partial charge is 0.457 e. The van der Waals surface area contributed by atoms with Crippen molar-refractivity contribution in [3.05, 3.63) is 70.3 Å². The number of benzene rings is 1. The molecule has 2 heterocycles. The maximum absolute atomic E-state index is 12.3. The smallest absolute Gasteiger partial charge is 0.251 e. The van der Waals surface area contributed by atoms with E-state index in [4.69, 9.17) is 22.4 Å². The molecule has 0 aliphatic heterocycles. The van der Waals surface area contributed by atoms with E-state index in [0.717, 1.165) is 47.4 Å². The van der Waals surface area contributed by atoms with Gasteiger partial charge in [0.2, 0.25) is 5.91 Å². The number of thiocarbonyl (C=S) groups is 1. The number of primary amides is 1. The second kappa shape index (κ2) is 9.28. The molecule has 0 saturated carbocycles. The summed E-state index contributed by atoms with van der Waals surface area (Å²) in [6, 6.07) is 13.3. The quantitative estimate of drug-likeness (QED) is 0.392. The van der Waals surface area contributed by atoms with Crippen molar-refractivity contribution >= 4 is 51.6 Å². The number of furan rings is 1. The maximum Gasteiger partial charge on any atom is 0.251 e. The Morgan fingerprint density at radius 3 is 2.65 bits per heavy atom. The molecular formula is C23H21N3O3S2. The lowest BCUT2D eigenvalue weighted by atomic mass is 9.95. The summed E-state index contributed by atoms with van der Waals surface area (Å²) in [7, 11) is 0. The molecule has 0 atom stereocenters. The van der Waals surface area contributed by atoms with Gasteiger partial charge in [-0.25, -0.2) is 0 Å². The van der Waals surface area contributed by atoms with Crippen molar-refractivity contribution in [3.8, 4) is 11.3 Å². The van der Waals surface area contributed by atoms with Crippen molar-refractivity contribution in [2.45, 2.75) is 25.7 Å². The predicted molar refractivity (Wildman–Crippen MR) is 127 cm³/mol. The standard InChI is InChI=1S/C23H21N3O3S2/c24-21(28)20-16-8-4-5-9-18(16)31-22(20)26-23(30)25-19(27)13-11-15-10-12-17(29-15)14-6-2-1-3-7-14/h1-3,6-7,10-13H,4-5,8-9H2,(H2,24,28)(H2,25,26,27,30)/b13-11+. The summed E-state index contributed by atoms with van der Waals surface area (Å²) in [6.07, 6.45) is 6.81. The van der Waals surface area contributed by atoms with Crippen LogP contribution in [0.15, 0.2) is 53.0 Å². The molecule has 0 unspecified atom stereocenters. The molecule has 2 amide bonds. The average Bonchev–Trinajstić information content (AvgIpc) is 3.37. The van der Waals surface area contributed by atoms with Crippen molar-refractivity contribution in [2.75, 3.05) is 5.32 Å². The number of hydrogen-bond donors (Lipinski definition) is 3. The van der Waals surface area contributed by atoms with Gasteiger partial charge in [0, 0.05) is 16.5 Å². The highest BCUT2D eigenvalue weighted by molar-refractivity contribution is 7.80. The predicted octanol–water partition coefficient (Wildman–Crippen LogP) is 4.51. The van der Waals surface area contributed by atoms with Crippen molar-refractivity contribution in [1.29, 1.82) is 0 Å². The molecule has 3 aromatic rings. The van der Waals surface area contributed by atoms with Crippen LogP contribution in [0.2, 0.25) is 0 Å². The number of nitrogens with one attached hydrogen (secondary N) is 2. The van der Waals surface area contributed by atoms with Gasteiger partial charge >= 0.3 is 0 Å². The second-order valence-corrected chi connectivity index (χ2v) is 8.64. The lowest BCUT2D eigenvalue weighted by molar-refractivity contribution is -0.115. The van der Waals surface area contributed by atoms with Crippen LogP contribution < -0.4 is 16.4 Å².